The Morgan fingerprint density at radius 2 is 1.76 bits per heavy atom. The number of aromatic nitrogens is 2. The molecule has 0 aliphatic carbocycles. The van der Waals surface area contributed by atoms with Crippen LogP contribution in [0.2, 0.25) is 0 Å². The molecule has 0 bridgehead atoms. The summed E-state index contributed by atoms with van der Waals surface area (Å²) in [6, 6.07) is 6.81. The predicted molar refractivity (Wildman–Crippen MR) is 88.1 cm³/mol. The second kappa shape index (κ2) is 6.96. The van der Waals surface area contributed by atoms with Crippen LogP contribution in [-0.4, -0.2) is 10.2 Å². The SMILES string of the molecule is CCc1ccc(Nc2c(-c3nnc(CC)o3)ccc(F)c2F)c(F)c1. The third kappa shape index (κ3) is 3.35. The van der Waals surface area contributed by atoms with Crippen LogP contribution in [0.1, 0.15) is 25.3 Å². The quantitative estimate of drug-likeness (QED) is 0.704. The minimum atomic E-state index is -1.15. The molecule has 0 atom stereocenters. The number of halogens is 3. The second-order valence-corrected chi connectivity index (χ2v) is 5.43. The third-order valence-corrected chi connectivity index (χ3v) is 3.80. The topological polar surface area (TPSA) is 51.0 Å². The van der Waals surface area contributed by atoms with Crippen molar-refractivity contribution in [3.63, 3.8) is 0 Å². The van der Waals surface area contributed by atoms with Crippen molar-refractivity contribution in [1.82, 2.24) is 10.2 Å². The zero-order valence-electron chi connectivity index (χ0n) is 13.7. The van der Waals surface area contributed by atoms with Gasteiger partial charge < -0.3 is 9.73 Å². The number of rotatable bonds is 5. The first-order valence-electron chi connectivity index (χ1n) is 7.89. The number of nitrogens with zero attached hydrogens (tertiary/aromatic N) is 2. The van der Waals surface area contributed by atoms with Crippen LogP contribution >= 0.6 is 0 Å². The zero-order chi connectivity index (χ0) is 18.0. The molecule has 25 heavy (non-hydrogen) atoms. The van der Waals surface area contributed by atoms with Gasteiger partial charge in [0.15, 0.2) is 11.6 Å². The number of hydrogen-bond acceptors (Lipinski definition) is 4. The van der Waals surface area contributed by atoms with Crippen molar-refractivity contribution in [3.8, 4) is 11.5 Å². The van der Waals surface area contributed by atoms with Crippen molar-refractivity contribution in [2.75, 3.05) is 5.32 Å². The van der Waals surface area contributed by atoms with Crippen LogP contribution in [0.15, 0.2) is 34.7 Å². The number of aryl methyl sites for hydroxylation is 2. The van der Waals surface area contributed by atoms with Gasteiger partial charge in [0, 0.05) is 6.42 Å². The fourth-order valence-electron chi connectivity index (χ4n) is 2.37. The van der Waals surface area contributed by atoms with Gasteiger partial charge in [0.05, 0.1) is 16.9 Å². The van der Waals surface area contributed by atoms with Crippen molar-refractivity contribution < 1.29 is 17.6 Å². The number of anilines is 2. The van der Waals surface area contributed by atoms with Gasteiger partial charge in [-0.05, 0) is 36.2 Å². The Bertz CT molecular complexity index is 909. The van der Waals surface area contributed by atoms with E-state index in [9.17, 15) is 13.2 Å². The first kappa shape index (κ1) is 17.0. The monoisotopic (exact) mass is 347 g/mol. The van der Waals surface area contributed by atoms with E-state index in [4.69, 9.17) is 4.42 Å². The van der Waals surface area contributed by atoms with Crippen LogP contribution < -0.4 is 5.32 Å². The van der Waals surface area contributed by atoms with Crippen LogP contribution in [0.25, 0.3) is 11.5 Å². The molecule has 130 valence electrons. The molecule has 0 saturated carbocycles. The number of benzene rings is 2. The Kier molecular flexibility index (Phi) is 4.74. The summed E-state index contributed by atoms with van der Waals surface area (Å²) in [6.45, 7) is 3.72. The summed E-state index contributed by atoms with van der Waals surface area (Å²) in [6.07, 6.45) is 1.17. The summed E-state index contributed by atoms with van der Waals surface area (Å²) in [5, 5.41) is 10.3. The van der Waals surface area contributed by atoms with Gasteiger partial charge in [-0.1, -0.05) is 19.9 Å². The van der Waals surface area contributed by atoms with Gasteiger partial charge in [0.25, 0.3) is 0 Å². The van der Waals surface area contributed by atoms with E-state index in [0.29, 0.717) is 18.7 Å². The van der Waals surface area contributed by atoms with Crippen LogP contribution in [0, 0.1) is 17.5 Å². The summed E-state index contributed by atoms with van der Waals surface area (Å²) in [7, 11) is 0. The lowest BCUT2D eigenvalue weighted by molar-refractivity contribution is 0.504. The summed E-state index contributed by atoms with van der Waals surface area (Å²) in [5.74, 6) is -2.37. The molecule has 0 aliphatic rings. The maximum atomic E-state index is 14.3. The average molecular weight is 347 g/mol. The van der Waals surface area contributed by atoms with Crippen LogP contribution in [0.4, 0.5) is 24.5 Å². The van der Waals surface area contributed by atoms with Crippen molar-refractivity contribution in [1.29, 1.82) is 0 Å². The Balaban J connectivity index is 2.07. The van der Waals surface area contributed by atoms with Crippen LogP contribution in [0.5, 0.6) is 0 Å². The molecule has 3 aromatic rings. The Hall–Kier alpha value is -2.83. The minimum absolute atomic E-state index is 0.0261. The smallest absolute Gasteiger partial charge is 0.249 e. The van der Waals surface area contributed by atoms with Gasteiger partial charge in [0.1, 0.15) is 5.82 Å². The molecule has 0 fully saturated rings. The molecule has 2 aromatic carbocycles. The van der Waals surface area contributed by atoms with E-state index in [1.54, 1.807) is 6.07 Å². The van der Waals surface area contributed by atoms with Crippen molar-refractivity contribution in [2.24, 2.45) is 0 Å². The van der Waals surface area contributed by atoms with E-state index in [1.807, 2.05) is 13.8 Å². The van der Waals surface area contributed by atoms with E-state index in [-0.39, 0.29) is 22.8 Å². The lowest BCUT2D eigenvalue weighted by Crippen LogP contribution is -2.02. The lowest BCUT2D eigenvalue weighted by atomic mass is 10.1. The van der Waals surface area contributed by atoms with Gasteiger partial charge in [0.2, 0.25) is 11.8 Å². The van der Waals surface area contributed by atoms with Gasteiger partial charge >= 0.3 is 0 Å². The Labute approximate surface area is 142 Å². The Morgan fingerprint density at radius 1 is 0.960 bits per heavy atom. The molecule has 0 saturated heterocycles. The first-order valence-corrected chi connectivity index (χ1v) is 7.89. The molecule has 1 aromatic heterocycles. The van der Waals surface area contributed by atoms with E-state index in [2.05, 4.69) is 15.5 Å². The number of nitrogens with one attached hydrogen (secondary N) is 1. The van der Waals surface area contributed by atoms with Crippen molar-refractivity contribution >= 4 is 11.4 Å². The fourth-order valence-corrected chi connectivity index (χ4v) is 2.37. The van der Waals surface area contributed by atoms with Crippen molar-refractivity contribution in [2.45, 2.75) is 26.7 Å². The molecule has 0 spiro atoms. The summed E-state index contributed by atoms with van der Waals surface area (Å²) in [5.41, 5.74) is 0.727. The fraction of sp³-hybridized carbons (Fsp3) is 0.222. The van der Waals surface area contributed by atoms with Gasteiger partial charge in [-0.25, -0.2) is 13.2 Å². The van der Waals surface area contributed by atoms with Crippen LogP contribution in [0.3, 0.4) is 0 Å². The molecule has 1 N–H and O–H groups in total. The normalized spacial score (nSPS) is 10.9. The molecular formula is C18H16F3N3O. The standard InChI is InChI=1S/C18H16F3N3O/c1-3-10-5-8-14(13(20)9-10)22-17-11(6-7-12(19)16(17)21)18-24-23-15(4-2)25-18/h5-9,22H,3-4H2,1-2H3. The van der Waals surface area contributed by atoms with E-state index >= 15 is 0 Å². The van der Waals surface area contributed by atoms with Gasteiger partial charge in [-0.15, -0.1) is 10.2 Å². The van der Waals surface area contributed by atoms with E-state index < -0.39 is 17.5 Å². The highest BCUT2D eigenvalue weighted by atomic mass is 19.2. The molecule has 4 nitrogen and oxygen atoms in total. The highest BCUT2D eigenvalue weighted by Crippen LogP contribution is 2.34. The molecule has 0 aliphatic heterocycles. The minimum Gasteiger partial charge on any atom is -0.421 e. The second-order valence-electron chi connectivity index (χ2n) is 5.43. The maximum Gasteiger partial charge on any atom is 0.249 e. The first-order chi connectivity index (χ1) is 12.0. The number of hydrogen-bond donors (Lipinski definition) is 1. The summed E-state index contributed by atoms with van der Waals surface area (Å²) in [4.78, 5) is 0. The highest BCUT2D eigenvalue weighted by molar-refractivity contribution is 5.77. The maximum absolute atomic E-state index is 14.3. The van der Waals surface area contributed by atoms with Gasteiger partial charge in [-0.3, -0.25) is 0 Å². The Morgan fingerprint density at radius 3 is 2.40 bits per heavy atom. The molecule has 1 heterocycles. The third-order valence-electron chi connectivity index (χ3n) is 3.80. The van der Waals surface area contributed by atoms with E-state index in [1.165, 1.54) is 18.2 Å². The van der Waals surface area contributed by atoms with E-state index in [0.717, 1.165) is 11.6 Å². The van der Waals surface area contributed by atoms with Crippen LogP contribution in [-0.2, 0) is 12.8 Å². The molecule has 0 amide bonds. The molecule has 3 rings (SSSR count). The largest absolute Gasteiger partial charge is 0.421 e. The average Bonchev–Trinajstić information content (AvgIpc) is 3.09. The van der Waals surface area contributed by atoms with Gasteiger partial charge in [-0.2, -0.15) is 0 Å². The molecule has 7 heteroatoms. The molecular weight excluding hydrogens is 331 g/mol. The highest BCUT2D eigenvalue weighted by Gasteiger charge is 2.20. The zero-order valence-corrected chi connectivity index (χ0v) is 13.7. The summed E-state index contributed by atoms with van der Waals surface area (Å²) < 4.78 is 47.7. The summed E-state index contributed by atoms with van der Waals surface area (Å²) >= 11 is 0. The predicted octanol–water partition coefficient (Wildman–Crippen LogP) is 5.02. The molecule has 0 unspecified atom stereocenters. The lowest BCUT2D eigenvalue weighted by Gasteiger charge is -2.13. The van der Waals surface area contributed by atoms with Crippen molar-refractivity contribution in [3.05, 3.63) is 59.2 Å². The molecule has 0 radical (unpaired) electrons.